The van der Waals surface area contributed by atoms with Crippen LogP contribution in [0.1, 0.15) is 19.2 Å². The molecule has 0 aliphatic carbocycles. The lowest BCUT2D eigenvalue weighted by atomic mass is 10.3. The SMILES string of the molecule is CCCc1nc(Cl)cc(Oc2ccc(F)c(F)c2)n1. The van der Waals surface area contributed by atoms with E-state index in [2.05, 4.69) is 9.97 Å². The van der Waals surface area contributed by atoms with E-state index in [0.717, 1.165) is 18.6 Å². The Morgan fingerprint density at radius 1 is 1.16 bits per heavy atom. The predicted octanol–water partition coefficient (Wildman–Crippen LogP) is 4.15. The topological polar surface area (TPSA) is 35.0 Å². The molecule has 0 N–H and O–H groups in total. The minimum Gasteiger partial charge on any atom is -0.439 e. The summed E-state index contributed by atoms with van der Waals surface area (Å²) >= 11 is 5.84. The van der Waals surface area contributed by atoms with Gasteiger partial charge < -0.3 is 4.74 Å². The van der Waals surface area contributed by atoms with E-state index in [0.29, 0.717) is 12.2 Å². The smallest absolute Gasteiger partial charge is 0.224 e. The maximum absolute atomic E-state index is 13.0. The summed E-state index contributed by atoms with van der Waals surface area (Å²) in [7, 11) is 0. The minimum atomic E-state index is -0.980. The van der Waals surface area contributed by atoms with Crippen LogP contribution >= 0.6 is 11.6 Å². The van der Waals surface area contributed by atoms with Gasteiger partial charge in [0.15, 0.2) is 11.6 Å². The zero-order valence-corrected chi connectivity index (χ0v) is 10.9. The first kappa shape index (κ1) is 13.7. The first-order chi connectivity index (χ1) is 9.08. The van der Waals surface area contributed by atoms with Crippen molar-refractivity contribution in [1.82, 2.24) is 9.97 Å². The maximum atomic E-state index is 13.0. The fourth-order valence-electron chi connectivity index (χ4n) is 1.49. The van der Waals surface area contributed by atoms with E-state index in [1.54, 1.807) is 0 Å². The van der Waals surface area contributed by atoms with Crippen LogP contribution in [-0.4, -0.2) is 9.97 Å². The third-order valence-corrected chi connectivity index (χ3v) is 2.50. The average molecular weight is 285 g/mol. The normalized spacial score (nSPS) is 10.5. The van der Waals surface area contributed by atoms with E-state index < -0.39 is 11.6 Å². The Morgan fingerprint density at radius 3 is 2.63 bits per heavy atom. The maximum Gasteiger partial charge on any atom is 0.224 e. The molecule has 0 amide bonds. The van der Waals surface area contributed by atoms with Gasteiger partial charge in [-0.15, -0.1) is 0 Å². The van der Waals surface area contributed by atoms with Gasteiger partial charge in [-0.2, -0.15) is 4.98 Å². The molecule has 100 valence electrons. The predicted molar refractivity (Wildman–Crippen MR) is 67.5 cm³/mol. The van der Waals surface area contributed by atoms with E-state index >= 15 is 0 Å². The van der Waals surface area contributed by atoms with Crippen LogP contribution in [0.3, 0.4) is 0 Å². The molecule has 2 aromatic rings. The standard InChI is InChI=1S/C13H11ClF2N2O/c1-2-3-12-17-11(14)7-13(18-12)19-8-4-5-9(15)10(16)6-8/h4-7H,2-3H2,1H3. The Kier molecular flexibility index (Phi) is 4.27. The number of ether oxygens (including phenoxy) is 1. The number of benzene rings is 1. The first-order valence-electron chi connectivity index (χ1n) is 5.75. The lowest BCUT2D eigenvalue weighted by Crippen LogP contribution is -1.98. The summed E-state index contributed by atoms with van der Waals surface area (Å²) in [6, 6.07) is 4.67. The van der Waals surface area contributed by atoms with E-state index in [1.165, 1.54) is 12.1 Å². The zero-order chi connectivity index (χ0) is 13.8. The van der Waals surface area contributed by atoms with Gasteiger partial charge in [-0.3, -0.25) is 0 Å². The van der Waals surface area contributed by atoms with E-state index in [4.69, 9.17) is 16.3 Å². The molecule has 2 rings (SSSR count). The number of hydrogen-bond donors (Lipinski definition) is 0. The molecule has 0 saturated heterocycles. The highest BCUT2D eigenvalue weighted by molar-refractivity contribution is 6.29. The third-order valence-electron chi connectivity index (χ3n) is 2.30. The Balaban J connectivity index is 2.24. The third kappa shape index (κ3) is 3.61. The van der Waals surface area contributed by atoms with Crippen LogP contribution in [0.5, 0.6) is 11.6 Å². The molecular weight excluding hydrogens is 274 g/mol. The van der Waals surface area contributed by atoms with Crippen molar-refractivity contribution in [3.8, 4) is 11.6 Å². The highest BCUT2D eigenvalue weighted by Crippen LogP contribution is 2.23. The number of aryl methyl sites for hydroxylation is 1. The Bertz CT molecular complexity index is 593. The number of aromatic nitrogens is 2. The number of rotatable bonds is 4. The molecule has 1 heterocycles. The Labute approximate surface area is 114 Å². The number of halogens is 3. The van der Waals surface area contributed by atoms with Crippen molar-refractivity contribution < 1.29 is 13.5 Å². The molecule has 0 unspecified atom stereocenters. The fraction of sp³-hybridized carbons (Fsp3) is 0.231. The van der Waals surface area contributed by atoms with Crippen molar-refractivity contribution in [2.75, 3.05) is 0 Å². The van der Waals surface area contributed by atoms with Crippen LogP contribution in [0.15, 0.2) is 24.3 Å². The van der Waals surface area contributed by atoms with Crippen molar-refractivity contribution in [1.29, 1.82) is 0 Å². The van der Waals surface area contributed by atoms with Gasteiger partial charge in [0, 0.05) is 18.6 Å². The Hall–Kier alpha value is -1.75. The van der Waals surface area contributed by atoms with Gasteiger partial charge in [0.2, 0.25) is 5.88 Å². The van der Waals surface area contributed by atoms with Crippen molar-refractivity contribution in [2.45, 2.75) is 19.8 Å². The summed E-state index contributed by atoms with van der Waals surface area (Å²) in [6.07, 6.45) is 1.53. The molecule has 0 bridgehead atoms. The van der Waals surface area contributed by atoms with Crippen molar-refractivity contribution in [2.24, 2.45) is 0 Å². The number of hydrogen-bond acceptors (Lipinski definition) is 3. The Morgan fingerprint density at radius 2 is 1.95 bits per heavy atom. The quantitative estimate of drug-likeness (QED) is 0.791. The minimum absolute atomic E-state index is 0.149. The fourth-order valence-corrected chi connectivity index (χ4v) is 1.68. The molecule has 19 heavy (non-hydrogen) atoms. The summed E-state index contributed by atoms with van der Waals surface area (Å²) in [6.45, 7) is 1.99. The van der Waals surface area contributed by atoms with Gasteiger partial charge >= 0.3 is 0 Å². The van der Waals surface area contributed by atoms with Gasteiger partial charge in [-0.1, -0.05) is 18.5 Å². The van der Waals surface area contributed by atoms with Gasteiger partial charge in [0.05, 0.1) is 0 Å². The van der Waals surface area contributed by atoms with Crippen LogP contribution in [-0.2, 0) is 6.42 Å². The number of nitrogens with zero attached hydrogens (tertiary/aromatic N) is 2. The average Bonchev–Trinajstić information content (AvgIpc) is 2.33. The molecule has 0 atom stereocenters. The van der Waals surface area contributed by atoms with Gasteiger partial charge in [0.25, 0.3) is 0 Å². The first-order valence-corrected chi connectivity index (χ1v) is 6.12. The largest absolute Gasteiger partial charge is 0.439 e. The summed E-state index contributed by atoms with van der Waals surface area (Å²) < 4.78 is 31.2. The highest BCUT2D eigenvalue weighted by atomic mass is 35.5. The summed E-state index contributed by atoms with van der Waals surface area (Å²) in [5, 5.41) is 0.246. The highest BCUT2D eigenvalue weighted by Gasteiger charge is 2.07. The summed E-state index contributed by atoms with van der Waals surface area (Å²) in [4.78, 5) is 8.17. The second-order valence-corrected chi connectivity index (χ2v) is 4.26. The molecule has 0 spiro atoms. The molecule has 3 nitrogen and oxygen atoms in total. The van der Waals surface area contributed by atoms with Crippen LogP contribution < -0.4 is 4.74 Å². The van der Waals surface area contributed by atoms with Crippen molar-refractivity contribution >= 4 is 11.6 Å². The molecule has 0 fully saturated rings. The lowest BCUT2D eigenvalue weighted by molar-refractivity contribution is 0.444. The van der Waals surface area contributed by atoms with Gasteiger partial charge in [-0.25, -0.2) is 13.8 Å². The monoisotopic (exact) mass is 284 g/mol. The van der Waals surface area contributed by atoms with Crippen LogP contribution in [0, 0.1) is 11.6 Å². The van der Waals surface area contributed by atoms with Crippen molar-refractivity contribution in [3.63, 3.8) is 0 Å². The molecule has 0 saturated carbocycles. The second-order valence-electron chi connectivity index (χ2n) is 3.87. The van der Waals surface area contributed by atoms with Crippen LogP contribution in [0.25, 0.3) is 0 Å². The molecule has 0 aliphatic heterocycles. The van der Waals surface area contributed by atoms with Gasteiger partial charge in [-0.05, 0) is 18.6 Å². The molecular formula is C13H11ClF2N2O. The summed E-state index contributed by atoms with van der Waals surface area (Å²) in [5.41, 5.74) is 0. The van der Waals surface area contributed by atoms with Crippen LogP contribution in [0.4, 0.5) is 8.78 Å². The van der Waals surface area contributed by atoms with Crippen LogP contribution in [0.2, 0.25) is 5.15 Å². The lowest BCUT2D eigenvalue weighted by Gasteiger charge is -2.07. The van der Waals surface area contributed by atoms with Crippen molar-refractivity contribution in [3.05, 3.63) is 46.9 Å². The molecule has 1 aromatic heterocycles. The second kappa shape index (κ2) is 5.93. The van der Waals surface area contributed by atoms with E-state index in [9.17, 15) is 8.78 Å². The van der Waals surface area contributed by atoms with E-state index in [1.807, 2.05) is 6.92 Å². The molecule has 6 heteroatoms. The molecule has 0 radical (unpaired) electrons. The van der Waals surface area contributed by atoms with Gasteiger partial charge in [0.1, 0.15) is 16.7 Å². The molecule has 0 aliphatic rings. The molecule has 1 aromatic carbocycles. The van der Waals surface area contributed by atoms with E-state index in [-0.39, 0.29) is 16.8 Å². The summed E-state index contributed by atoms with van der Waals surface area (Å²) in [5.74, 6) is -1.01. The zero-order valence-electron chi connectivity index (χ0n) is 10.2.